The molecule has 0 aromatic heterocycles. The van der Waals surface area contributed by atoms with Crippen molar-refractivity contribution < 1.29 is 19.1 Å². The van der Waals surface area contributed by atoms with E-state index in [1.165, 1.54) is 0 Å². The van der Waals surface area contributed by atoms with Gasteiger partial charge in [0.15, 0.2) is 0 Å². The molecule has 7 heteroatoms. The first kappa shape index (κ1) is 24.8. The van der Waals surface area contributed by atoms with Crippen LogP contribution in [0.2, 0.25) is 0 Å². The number of nitrogens with one attached hydrogen (secondary N) is 1. The summed E-state index contributed by atoms with van der Waals surface area (Å²) in [5.74, 6) is 0.368. The topological polar surface area (TPSA) is 79.0 Å². The summed E-state index contributed by atoms with van der Waals surface area (Å²) in [6.45, 7) is 4.55. The van der Waals surface area contributed by atoms with E-state index in [1.54, 1.807) is 31.4 Å². The summed E-state index contributed by atoms with van der Waals surface area (Å²) >= 11 is 0. The van der Waals surface area contributed by atoms with Crippen molar-refractivity contribution in [2.24, 2.45) is 5.92 Å². The largest absolute Gasteiger partial charge is 0.497 e. The Bertz CT molecular complexity index is 1040. The fourth-order valence-electron chi connectivity index (χ4n) is 5.00. The lowest BCUT2D eigenvalue weighted by Gasteiger charge is -2.38. The van der Waals surface area contributed by atoms with Gasteiger partial charge in [0.1, 0.15) is 11.8 Å². The molecule has 2 fully saturated rings. The number of carbonyl (C=O) groups is 3. The molecule has 1 N–H and O–H groups in total. The second-order valence-corrected chi connectivity index (χ2v) is 9.56. The summed E-state index contributed by atoms with van der Waals surface area (Å²) in [6, 6.07) is 14.0. The van der Waals surface area contributed by atoms with Crippen LogP contribution in [0, 0.1) is 12.8 Å². The molecule has 0 radical (unpaired) electrons. The minimum Gasteiger partial charge on any atom is -0.497 e. The van der Waals surface area contributed by atoms with Crippen LogP contribution in [-0.2, 0) is 4.79 Å². The maximum atomic E-state index is 13.5. The molecule has 2 saturated heterocycles. The lowest BCUT2D eigenvalue weighted by Crippen LogP contribution is -2.55. The Morgan fingerprint density at radius 2 is 1.57 bits per heavy atom. The van der Waals surface area contributed by atoms with Crippen LogP contribution in [-0.4, -0.2) is 66.9 Å². The van der Waals surface area contributed by atoms with Crippen LogP contribution >= 0.6 is 0 Å². The molecule has 0 saturated carbocycles. The van der Waals surface area contributed by atoms with Gasteiger partial charge in [-0.1, -0.05) is 23.8 Å². The van der Waals surface area contributed by atoms with Crippen molar-refractivity contribution in [3.05, 3.63) is 65.2 Å². The van der Waals surface area contributed by atoms with E-state index >= 15 is 0 Å². The molecule has 0 spiro atoms. The number of rotatable bonds is 6. The molecule has 3 amide bonds. The third kappa shape index (κ3) is 6.02. The number of aryl methyl sites for hydroxylation is 1. The smallest absolute Gasteiger partial charge is 0.253 e. The first-order valence-electron chi connectivity index (χ1n) is 12.6. The number of nitrogens with zero attached hydrogens (tertiary/aromatic N) is 2. The molecule has 2 aliphatic heterocycles. The molecule has 2 heterocycles. The van der Waals surface area contributed by atoms with Crippen molar-refractivity contribution in [1.82, 2.24) is 15.1 Å². The minimum absolute atomic E-state index is 0.00253. The van der Waals surface area contributed by atoms with Gasteiger partial charge in [0.05, 0.1) is 7.11 Å². The van der Waals surface area contributed by atoms with Gasteiger partial charge in [-0.15, -0.1) is 0 Å². The quantitative estimate of drug-likeness (QED) is 0.689. The average Bonchev–Trinajstić information content (AvgIpc) is 2.92. The van der Waals surface area contributed by atoms with Crippen LogP contribution < -0.4 is 10.1 Å². The van der Waals surface area contributed by atoms with Crippen molar-refractivity contribution in [3.63, 3.8) is 0 Å². The third-order valence-corrected chi connectivity index (χ3v) is 7.15. The van der Waals surface area contributed by atoms with Crippen molar-refractivity contribution in [2.45, 2.75) is 45.1 Å². The molecule has 2 aromatic carbocycles. The van der Waals surface area contributed by atoms with Gasteiger partial charge in [0.25, 0.3) is 11.8 Å². The third-order valence-electron chi connectivity index (χ3n) is 7.15. The molecule has 7 nitrogen and oxygen atoms in total. The highest BCUT2D eigenvalue weighted by Gasteiger charge is 2.36. The minimum atomic E-state index is -0.587. The molecule has 186 valence electrons. The predicted octanol–water partition coefficient (Wildman–Crippen LogP) is 3.67. The molecule has 0 aliphatic carbocycles. The summed E-state index contributed by atoms with van der Waals surface area (Å²) in [7, 11) is 1.58. The van der Waals surface area contributed by atoms with E-state index in [0.717, 1.165) is 37.9 Å². The first-order chi connectivity index (χ1) is 17.0. The van der Waals surface area contributed by atoms with E-state index in [0.29, 0.717) is 42.8 Å². The van der Waals surface area contributed by atoms with E-state index in [1.807, 2.05) is 41.0 Å². The lowest BCUT2D eigenvalue weighted by molar-refractivity contribution is -0.136. The Balaban J connectivity index is 1.46. The number of ether oxygens (including phenoxy) is 1. The Labute approximate surface area is 207 Å². The van der Waals surface area contributed by atoms with Gasteiger partial charge in [-0.05, 0) is 75.3 Å². The summed E-state index contributed by atoms with van der Waals surface area (Å²) in [4.78, 5) is 43.4. The molecule has 4 rings (SSSR count). The highest BCUT2D eigenvalue weighted by Crippen LogP contribution is 2.25. The number of hydrogen-bond acceptors (Lipinski definition) is 4. The summed E-state index contributed by atoms with van der Waals surface area (Å²) in [5, 5.41) is 3.06. The Kier molecular flexibility index (Phi) is 8.06. The normalized spacial score (nSPS) is 17.5. The Morgan fingerprint density at radius 1 is 0.886 bits per heavy atom. The molecule has 2 aromatic rings. The number of amides is 3. The van der Waals surface area contributed by atoms with Gasteiger partial charge in [0.2, 0.25) is 5.91 Å². The van der Waals surface area contributed by atoms with Crippen LogP contribution in [0.25, 0.3) is 0 Å². The zero-order valence-electron chi connectivity index (χ0n) is 20.7. The van der Waals surface area contributed by atoms with Crippen LogP contribution in [0.3, 0.4) is 0 Å². The first-order valence-corrected chi connectivity index (χ1v) is 12.6. The number of piperidine rings is 2. The van der Waals surface area contributed by atoms with Crippen LogP contribution in [0.5, 0.6) is 5.75 Å². The SMILES string of the molecule is COc1cccc(C(=O)N2CCC([C@@H](NC(=O)c3ccc(C)cc3)C(=O)N3CCCCC3)CC2)c1. The lowest BCUT2D eigenvalue weighted by atomic mass is 9.87. The number of carbonyl (C=O) groups excluding carboxylic acids is 3. The van der Waals surface area contributed by atoms with Gasteiger partial charge >= 0.3 is 0 Å². The van der Waals surface area contributed by atoms with Crippen molar-refractivity contribution >= 4 is 17.7 Å². The van der Waals surface area contributed by atoms with E-state index in [-0.39, 0.29) is 23.6 Å². The number of likely N-dealkylation sites (tertiary alicyclic amines) is 2. The monoisotopic (exact) mass is 477 g/mol. The molecule has 1 atom stereocenters. The summed E-state index contributed by atoms with van der Waals surface area (Å²) in [6.07, 6.45) is 4.45. The molecular formula is C28H35N3O4. The van der Waals surface area contributed by atoms with E-state index in [4.69, 9.17) is 4.74 Å². The zero-order chi connectivity index (χ0) is 24.8. The fourth-order valence-corrected chi connectivity index (χ4v) is 5.00. The highest BCUT2D eigenvalue weighted by molar-refractivity contribution is 5.98. The summed E-state index contributed by atoms with van der Waals surface area (Å²) < 4.78 is 5.25. The van der Waals surface area contributed by atoms with E-state index < -0.39 is 6.04 Å². The van der Waals surface area contributed by atoms with Gasteiger partial charge in [0, 0.05) is 37.3 Å². The summed E-state index contributed by atoms with van der Waals surface area (Å²) in [5.41, 5.74) is 2.23. The number of methoxy groups -OCH3 is 1. The Morgan fingerprint density at radius 3 is 2.23 bits per heavy atom. The average molecular weight is 478 g/mol. The van der Waals surface area contributed by atoms with E-state index in [9.17, 15) is 14.4 Å². The Hall–Kier alpha value is -3.35. The standard InChI is InChI=1S/C28H35N3O4/c1-20-9-11-22(12-10-20)26(32)29-25(28(34)30-15-4-3-5-16-30)21-13-17-31(18-14-21)27(33)23-7-6-8-24(19-23)35-2/h6-12,19,21,25H,3-5,13-18H2,1-2H3,(H,29,32)/t25-/m1/s1. The van der Waals surface area contributed by atoms with Crippen LogP contribution in [0.4, 0.5) is 0 Å². The maximum Gasteiger partial charge on any atom is 0.253 e. The number of benzene rings is 2. The molecule has 0 unspecified atom stereocenters. The second-order valence-electron chi connectivity index (χ2n) is 9.56. The molecular weight excluding hydrogens is 442 g/mol. The van der Waals surface area contributed by atoms with Crippen molar-refractivity contribution in [2.75, 3.05) is 33.3 Å². The van der Waals surface area contributed by atoms with Gasteiger partial charge in [-0.25, -0.2) is 0 Å². The number of hydrogen-bond donors (Lipinski definition) is 1. The zero-order valence-corrected chi connectivity index (χ0v) is 20.7. The second kappa shape index (κ2) is 11.4. The van der Waals surface area contributed by atoms with Crippen molar-refractivity contribution in [1.29, 1.82) is 0 Å². The van der Waals surface area contributed by atoms with Crippen LogP contribution in [0.15, 0.2) is 48.5 Å². The fraction of sp³-hybridized carbons (Fsp3) is 0.464. The van der Waals surface area contributed by atoms with Gasteiger partial charge in [-0.2, -0.15) is 0 Å². The van der Waals surface area contributed by atoms with Crippen molar-refractivity contribution in [3.8, 4) is 5.75 Å². The van der Waals surface area contributed by atoms with Gasteiger partial charge in [-0.3, -0.25) is 14.4 Å². The maximum absolute atomic E-state index is 13.5. The van der Waals surface area contributed by atoms with Gasteiger partial charge < -0.3 is 19.9 Å². The molecule has 35 heavy (non-hydrogen) atoms. The predicted molar refractivity (Wildman–Crippen MR) is 134 cm³/mol. The highest BCUT2D eigenvalue weighted by atomic mass is 16.5. The van der Waals surface area contributed by atoms with E-state index in [2.05, 4.69) is 5.32 Å². The molecule has 2 aliphatic rings. The van der Waals surface area contributed by atoms with Crippen LogP contribution in [0.1, 0.15) is 58.4 Å². The molecule has 0 bridgehead atoms.